The van der Waals surface area contributed by atoms with Gasteiger partial charge in [-0.25, -0.2) is 0 Å². The third kappa shape index (κ3) is 10.8. The van der Waals surface area contributed by atoms with Crippen molar-refractivity contribution in [1.82, 2.24) is 0 Å². The van der Waals surface area contributed by atoms with Crippen LogP contribution < -0.4 is 0 Å². The van der Waals surface area contributed by atoms with Gasteiger partial charge in [0, 0.05) is 25.9 Å². The molecular formula is C3H7O2PRu. The number of aliphatic carboxylic acids is 1. The van der Waals surface area contributed by atoms with Crippen molar-refractivity contribution < 1.29 is 29.4 Å². The average Bonchev–Trinajstić information content (AvgIpc) is 1.35. The maximum absolute atomic E-state index is 9.59. The predicted octanol–water partition coefficient (Wildman–Crippen LogP) is 0.334. The summed E-state index contributed by atoms with van der Waals surface area (Å²) in [6.07, 6.45) is 0.903. The molecule has 0 aliphatic carbocycles. The van der Waals surface area contributed by atoms with Gasteiger partial charge in [-0.1, -0.05) is 0 Å². The Morgan fingerprint density at radius 3 is 2.14 bits per heavy atom. The van der Waals surface area contributed by atoms with Gasteiger partial charge < -0.3 is 5.11 Å². The van der Waals surface area contributed by atoms with E-state index in [2.05, 4.69) is 9.24 Å². The predicted molar refractivity (Wildman–Crippen MR) is 26.8 cm³/mol. The maximum atomic E-state index is 9.59. The molecule has 0 fully saturated rings. The Hall–Kier alpha value is 0.523. The van der Waals surface area contributed by atoms with Crippen LogP contribution >= 0.6 is 9.24 Å². The summed E-state index contributed by atoms with van der Waals surface area (Å²) in [6.45, 7) is 0. The fraction of sp³-hybridized carbons (Fsp3) is 0.667. The Morgan fingerprint density at radius 1 is 1.71 bits per heavy atom. The quantitative estimate of drug-likeness (QED) is 0.523. The Morgan fingerprint density at radius 2 is 2.14 bits per heavy atom. The molecule has 0 aromatic rings. The van der Waals surface area contributed by atoms with Crippen molar-refractivity contribution in [1.29, 1.82) is 0 Å². The molecule has 0 amide bonds. The van der Waals surface area contributed by atoms with Crippen LogP contribution in [0, 0.1) is 0 Å². The second-order valence-corrected chi connectivity index (χ2v) is 1.51. The molecular weight excluding hydrogens is 200 g/mol. The topological polar surface area (TPSA) is 37.3 Å². The number of carboxylic acids is 1. The van der Waals surface area contributed by atoms with Gasteiger partial charge in [0.25, 0.3) is 0 Å². The molecule has 0 spiro atoms. The van der Waals surface area contributed by atoms with E-state index < -0.39 is 5.97 Å². The Labute approximate surface area is 57.6 Å². The molecule has 0 aliphatic rings. The smallest absolute Gasteiger partial charge is 0.303 e. The molecule has 0 rings (SSSR count). The van der Waals surface area contributed by atoms with Crippen LogP contribution in [0.3, 0.4) is 0 Å². The molecule has 0 saturated carbocycles. The number of carboxylic acid groups (broad SMARTS) is 1. The second-order valence-electron chi connectivity index (χ2n) is 0.932. The van der Waals surface area contributed by atoms with Crippen molar-refractivity contribution in [3.63, 3.8) is 0 Å². The number of carbonyl (C=O) groups is 1. The zero-order chi connectivity index (χ0) is 4.99. The molecule has 44 valence electrons. The molecule has 2 nitrogen and oxygen atoms in total. The summed E-state index contributed by atoms with van der Waals surface area (Å²) in [4.78, 5) is 9.59. The van der Waals surface area contributed by atoms with Crippen molar-refractivity contribution in [3.8, 4) is 0 Å². The van der Waals surface area contributed by atoms with Crippen LogP contribution in [0.5, 0.6) is 0 Å². The van der Waals surface area contributed by atoms with E-state index in [1.165, 1.54) is 0 Å². The first-order chi connectivity index (χ1) is 2.77. The van der Waals surface area contributed by atoms with Gasteiger partial charge in [0.2, 0.25) is 0 Å². The van der Waals surface area contributed by atoms with Gasteiger partial charge in [-0.2, -0.15) is 0 Å². The largest absolute Gasteiger partial charge is 0.481 e. The normalized spacial score (nSPS) is 7.00. The Balaban J connectivity index is 0. The minimum absolute atomic E-state index is 0. The molecule has 7 heavy (non-hydrogen) atoms. The molecule has 4 heteroatoms. The molecule has 0 saturated heterocycles. The minimum Gasteiger partial charge on any atom is -0.481 e. The fourth-order valence-corrected chi connectivity index (χ4v) is 0.370. The van der Waals surface area contributed by atoms with Gasteiger partial charge in [-0.15, -0.1) is 9.24 Å². The number of hydrogen-bond donors (Lipinski definition) is 1. The van der Waals surface area contributed by atoms with Gasteiger partial charge in [-0.05, 0) is 6.16 Å². The minimum atomic E-state index is -0.731. The van der Waals surface area contributed by atoms with Gasteiger partial charge >= 0.3 is 5.97 Å². The van der Waals surface area contributed by atoms with E-state index in [0.717, 1.165) is 0 Å². The third-order valence-electron chi connectivity index (χ3n) is 0.358. The third-order valence-corrected chi connectivity index (χ3v) is 0.647. The zero-order valence-corrected chi connectivity index (χ0v) is 6.59. The van der Waals surface area contributed by atoms with Gasteiger partial charge in [0.1, 0.15) is 0 Å². The molecule has 0 heterocycles. The molecule has 1 unspecified atom stereocenters. The summed E-state index contributed by atoms with van der Waals surface area (Å²) in [6, 6.07) is 0. The van der Waals surface area contributed by atoms with Crippen LogP contribution in [0.15, 0.2) is 0 Å². The first kappa shape index (κ1) is 10.5. The monoisotopic (exact) mass is 208 g/mol. The molecule has 1 N–H and O–H groups in total. The van der Waals surface area contributed by atoms with Crippen LogP contribution in [0.4, 0.5) is 0 Å². The maximum Gasteiger partial charge on any atom is 0.303 e. The average molecular weight is 207 g/mol. The first-order valence-corrected chi connectivity index (χ1v) is 2.51. The van der Waals surface area contributed by atoms with Gasteiger partial charge in [0.05, 0.1) is 0 Å². The summed E-state index contributed by atoms with van der Waals surface area (Å²) in [5.74, 6) is -0.731. The second kappa shape index (κ2) is 6.52. The van der Waals surface area contributed by atoms with Crippen LogP contribution in [0.2, 0.25) is 0 Å². The van der Waals surface area contributed by atoms with E-state index in [1.807, 2.05) is 0 Å². The van der Waals surface area contributed by atoms with E-state index in [1.54, 1.807) is 0 Å². The molecule has 0 aromatic heterocycles. The van der Waals surface area contributed by atoms with Gasteiger partial charge in [-0.3, -0.25) is 4.79 Å². The van der Waals surface area contributed by atoms with Crippen LogP contribution in [0.25, 0.3) is 0 Å². The van der Waals surface area contributed by atoms with Crippen molar-refractivity contribution >= 4 is 15.2 Å². The Kier molecular flexibility index (Phi) is 9.78. The van der Waals surface area contributed by atoms with E-state index >= 15 is 0 Å². The number of rotatable bonds is 2. The Bertz CT molecular complexity index is 56.9. The molecule has 0 bridgehead atoms. The van der Waals surface area contributed by atoms with Crippen molar-refractivity contribution in [2.45, 2.75) is 6.42 Å². The standard InChI is InChI=1S/C3H7O2P.Ru/c4-3(5)1-2-6;/h1-2,6H2,(H,4,5);. The van der Waals surface area contributed by atoms with Crippen LogP contribution in [0.1, 0.15) is 6.42 Å². The summed E-state index contributed by atoms with van der Waals surface area (Å²) in [7, 11) is 2.34. The summed E-state index contributed by atoms with van der Waals surface area (Å²) >= 11 is 0. The van der Waals surface area contributed by atoms with E-state index in [4.69, 9.17) is 5.11 Å². The van der Waals surface area contributed by atoms with E-state index in [-0.39, 0.29) is 25.9 Å². The molecule has 0 aromatic carbocycles. The fourth-order valence-electron chi connectivity index (χ4n) is 0.123. The van der Waals surface area contributed by atoms with E-state index in [9.17, 15) is 4.79 Å². The summed E-state index contributed by atoms with van der Waals surface area (Å²) in [5.41, 5.74) is 0. The SMILES string of the molecule is O=C(O)CCP.[Ru]. The summed E-state index contributed by atoms with van der Waals surface area (Å²) < 4.78 is 0. The van der Waals surface area contributed by atoms with Crippen molar-refractivity contribution in [2.24, 2.45) is 0 Å². The zero-order valence-electron chi connectivity index (χ0n) is 3.70. The first-order valence-electron chi connectivity index (χ1n) is 1.69. The van der Waals surface area contributed by atoms with Crippen molar-refractivity contribution in [3.05, 3.63) is 0 Å². The molecule has 0 radical (unpaired) electrons. The van der Waals surface area contributed by atoms with Crippen molar-refractivity contribution in [2.75, 3.05) is 6.16 Å². The molecule has 0 aliphatic heterocycles. The molecule has 1 atom stereocenters. The van der Waals surface area contributed by atoms with Crippen LogP contribution in [-0.2, 0) is 24.3 Å². The van der Waals surface area contributed by atoms with E-state index in [0.29, 0.717) is 6.16 Å². The van der Waals surface area contributed by atoms with Gasteiger partial charge in [0.15, 0.2) is 0 Å². The summed E-state index contributed by atoms with van der Waals surface area (Å²) in [5, 5.41) is 7.90. The number of hydrogen-bond acceptors (Lipinski definition) is 1. The van der Waals surface area contributed by atoms with Crippen LogP contribution in [-0.4, -0.2) is 17.2 Å².